The van der Waals surface area contributed by atoms with Crippen LogP contribution in [0, 0.1) is 6.92 Å². The molecule has 1 aromatic heterocycles. The van der Waals surface area contributed by atoms with Crippen LogP contribution in [0.3, 0.4) is 0 Å². The molecule has 4 nitrogen and oxygen atoms in total. The molecule has 0 saturated heterocycles. The summed E-state index contributed by atoms with van der Waals surface area (Å²) in [5, 5.41) is 14.8. The summed E-state index contributed by atoms with van der Waals surface area (Å²) >= 11 is 3.45. The Bertz CT molecular complexity index is 596. The Morgan fingerprint density at radius 3 is 2.80 bits per heavy atom. The van der Waals surface area contributed by atoms with Crippen LogP contribution in [-0.4, -0.2) is 22.0 Å². The molecule has 1 unspecified atom stereocenters. The van der Waals surface area contributed by atoms with E-state index in [4.69, 9.17) is 4.74 Å². The van der Waals surface area contributed by atoms with Crippen molar-refractivity contribution < 1.29 is 9.84 Å². The summed E-state index contributed by atoms with van der Waals surface area (Å²) in [6, 6.07) is 7.73. The van der Waals surface area contributed by atoms with Crippen molar-refractivity contribution in [2.24, 2.45) is 0 Å². The highest BCUT2D eigenvalue weighted by molar-refractivity contribution is 9.10. The van der Waals surface area contributed by atoms with Crippen molar-refractivity contribution in [3.63, 3.8) is 0 Å². The number of ether oxygens (including phenoxy) is 1. The van der Waals surface area contributed by atoms with Crippen LogP contribution in [0.2, 0.25) is 0 Å². The van der Waals surface area contributed by atoms with Crippen molar-refractivity contribution in [1.82, 2.24) is 9.78 Å². The molecule has 1 atom stereocenters. The fraction of sp³-hybridized carbons (Fsp3) is 0.400. The van der Waals surface area contributed by atoms with Crippen molar-refractivity contribution in [3.8, 4) is 5.75 Å². The first-order chi connectivity index (χ1) is 9.55. The molecule has 1 N–H and O–H groups in total. The lowest BCUT2D eigenvalue weighted by Gasteiger charge is -2.15. The number of benzene rings is 1. The van der Waals surface area contributed by atoms with Crippen molar-refractivity contribution >= 4 is 15.9 Å². The summed E-state index contributed by atoms with van der Waals surface area (Å²) in [6.07, 6.45) is -0.104. The SMILES string of the molecule is CCn1nc(C)cc1C(O)Cc1cc(Br)ccc1OC. The van der Waals surface area contributed by atoms with Gasteiger partial charge in [-0.3, -0.25) is 4.68 Å². The topological polar surface area (TPSA) is 47.3 Å². The predicted octanol–water partition coefficient (Wildman–Crippen LogP) is 3.26. The highest BCUT2D eigenvalue weighted by atomic mass is 79.9. The highest BCUT2D eigenvalue weighted by Crippen LogP contribution is 2.28. The van der Waals surface area contributed by atoms with Crippen LogP contribution in [0.15, 0.2) is 28.7 Å². The first-order valence-corrected chi connectivity index (χ1v) is 7.39. The van der Waals surface area contributed by atoms with E-state index >= 15 is 0 Å². The molecule has 5 heteroatoms. The van der Waals surface area contributed by atoms with E-state index < -0.39 is 6.10 Å². The van der Waals surface area contributed by atoms with Gasteiger partial charge >= 0.3 is 0 Å². The molecular formula is C15H19BrN2O2. The van der Waals surface area contributed by atoms with Gasteiger partial charge in [-0.15, -0.1) is 0 Å². The zero-order valence-corrected chi connectivity index (χ0v) is 13.5. The van der Waals surface area contributed by atoms with E-state index in [1.54, 1.807) is 7.11 Å². The van der Waals surface area contributed by atoms with Crippen molar-refractivity contribution in [2.75, 3.05) is 7.11 Å². The minimum absolute atomic E-state index is 0.494. The zero-order chi connectivity index (χ0) is 14.7. The zero-order valence-electron chi connectivity index (χ0n) is 11.9. The maximum absolute atomic E-state index is 10.5. The maximum atomic E-state index is 10.5. The van der Waals surface area contributed by atoms with Gasteiger partial charge in [-0.05, 0) is 43.7 Å². The van der Waals surface area contributed by atoms with Crippen molar-refractivity contribution in [2.45, 2.75) is 32.9 Å². The Hall–Kier alpha value is -1.33. The van der Waals surface area contributed by atoms with Crippen LogP contribution >= 0.6 is 15.9 Å². The summed E-state index contributed by atoms with van der Waals surface area (Å²) in [4.78, 5) is 0. The lowest BCUT2D eigenvalue weighted by Crippen LogP contribution is -2.10. The van der Waals surface area contributed by atoms with Gasteiger partial charge in [-0.25, -0.2) is 0 Å². The number of methoxy groups -OCH3 is 1. The van der Waals surface area contributed by atoms with Crippen LogP contribution in [0.5, 0.6) is 5.75 Å². The minimum atomic E-state index is -0.598. The number of hydrogen-bond acceptors (Lipinski definition) is 3. The smallest absolute Gasteiger partial charge is 0.122 e. The molecule has 20 heavy (non-hydrogen) atoms. The predicted molar refractivity (Wildman–Crippen MR) is 82.0 cm³/mol. The number of aromatic nitrogens is 2. The normalized spacial score (nSPS) is 12.4. The van der Waals surface area contributed by atoms with Crippen LogP contribution in [0.1, 0.15) is 30.0 Å². The summed E-state index contributed by atoms with van der Waals surface area (Å²) in [7, 11) is 1.64. The third-order valence-electron chi connectivity index (χ3n) is 3.23. The third kappa shape index (κ3) is 3.22. The molecule has 0 radical (unpaired) electrons. The van der Waals surface area contributed by atoms with E-state index in [9.17, 15) is 5.11 Å². The van der Waals surface area contributed by atoms with Crippen LogP contribution < -0.4 is 4.74 Å². The minimum Gasteiger partial charge on any atom is -0.496 e. The quantitative estimate of drug-likeness (QED) is 0.910. The Morgan fingerprint density at radius 1 is 1.40 bits per heavy atom. The van der Waals surface area contributed by atoms with Gasteiger partial charge in [0.15, 0.2) is 0 Å². The molecule has 0 fully saturated rings. The summed E-state index contributed by atoms with van der Waals surface area (Å²) < 4.78 is 8.16. The fourth-order valence-electron chi connectivity index (χ4n) is 2.31. The number of rotatable bonds is 5. The number of halogens is 1. The molecule has 0 aliphatic rings. The second-order valence-electron chi connectivity index (χ2n) is 4.70. The first-order valence-electron chi connectivity index (χ1n) is 6.60. The van der Waals surface area contributed by atoms with E-state index in [0.29, 0.717) is 6.42 Å². The largest absolute Gasteiger partial charge is 0.496 e. The average molecular weight is 339 g/mol. The molecule has 1 aromatic carbocycles. The molecule has 0 bridgehead atoms. The summed E-state index contributed by atoms with van der Waals surface area (Å²) in [6.45, 7) is 4.69. The number of aliphatic hydroxyl groups is 1. The Labute approximate surface area is 127 Å². The van der Waals surface area contributed by atoms with Gasteiger partial charge in [0.25, 0.3) is 0 Å². The molecular weight excluding hydrogens is 320 g/mol. The molecule has 0 aliphatic heterocycles. The first kappa shape index (κ1) is 15.1. The Kier molecular flexibility index (Phi) is 4.83. The van der Waals surface area contributed by atoms with E-state index in [-0.39, 0.29) is 0 Å². The van der Waals surface area contributed by atoms with Crippen LogP contribution in [0.4, 0.5) is 0 Å². The molecule has 2 rings (SSSR count). The van der Waals surface area contributed by atoms with Gasteiger partial charge < -0.3 is 9.84 Å². The number of hydrogen-bond donors (Lipinski definition) is 1. The summed E-state index contributed by atoms with van der Waals surface area (Å²) in [5.74, 6) is 0.784. The molecule has 0 aliphatic carbocycles. The van der Waals surface area contributed by atoms with Gasteiger partial charge in [-0.1, -0.05) is 15.9 Å². The molecule has 0 amide bonds. The van der Waals surface area contributed by atoms with Crippen LogP contribution in [-0.2, 0) is 13.0 Å². The fourth-order valence-corrected chi connectivity index (χ4v) is 2.72. The number of nitrogens with zero attached hydrogens (tertiary/aromatic N) is 2. The lowest BCUT2D eigenvalue weighted by molar-refractivity contribution is 0.166. The molecule has 1 heterocycles. The maximum Gasteiger partial charge on any atom is 0.122 e. The van der Waals surface area contributed by atoms with Gasteiger partial charge in [0.1, 0.15) is 5.75 Å². The number of aryl methyl sites for hydroxylation is 2. The lowest BCUT2D eigenvalue weighted by atomic mass is 10.0. The summed E-state index contributed by atoms with van der Waals surface area (Å²) in [5.41, 5.74) is 2.73. The van der Waals surface area contributed by atoms with Crippen molar-refractivity contribution in [1.29, 1.82) is 0 Å². The van der Waals surface area contributed by atoms with Crippen molar-refractivity contribution in [3.05, 3.63) is 45.7 Å². The average Bonchev–Trinajstić information content (AvgIpc) is 2.80. The van der Waals surface area contributed by atoms with E-state index in [1.807, 2.05) is 42.8 Å². The van der Waals surface area contributed by atoms with E-state index in [0.717, 1.165) is 33.7 Å². The highest BCUT2D eigenvalue weighted by Gasteiger charge is 2.17. The van der Waals surface area contributed by atoms with E-state index in [2.05, 4.69) is 21.0 Å². The van der Waals surface area contributed by atoms with Gasteiger partial charge in [-0.2, -0.15) is 5.10 Å². The standard InChI is InChI=1S/C15H19BrN2O2/c1-4-18-13(7-10(2)17-18)14(19)9-11-8-12(16)5-6-15(11)20-3/h5-8,14,19H,4,9H2,1-3H3. The molecule has 0 spiro atoms. The molecule has 0 saturated carbocycles. The Balaban J connectivity index is 2.27. The third-order valence-corrected chi connectivity index (χ3v) is 3.72. The van der Waals surface area contributed by atoms with Gasteiger partial charge in [0.2, 0.25) is 0 Å². The number of aliphatic hydroxyl groups excluding tert-OH is 1. The van der Waals surface area contributed by atoms with Crippen LogP contribution in [0.25, 0.3) is 0 Å². The van der Waals surface area contributed by atoms with Gasteiger partial charge in [0.05, 0.1) is 24.6 Å². The van der Waals surface area contributed by atoms with E-state index in [1.165, 1.54) is 0 Å². The molecule has 2 aromatic rings. The second-order valence-corrected chi connectivity index (χ2v) is 5.62. The van der Waals surface area contributed by atoms with Gasteiger partial charge in [0, 0.05) is 17.4 Å². The Morgan fingerprint density at radius 2 is 2.15 bits per heavy atom. The second kappa shape index (κ2) is 6.41. The molecule has 108 valence electrons. The monoisotopic (exact) mass is 338 g/mol.